The summed E-state index contributed by atoms with van der Waals surface area (Å²) in [6.07, 6.45) is 0.542. The number of piperazine rings is 1. The fraction of sp³-hybridized carbons (Fsp3) is 0.588. The lowest BCUT2D eigenvalue weighted by Crippen LogP contribution is -2.59. The molecule has 0 spiro atoms. The van der Waals surface area contributed by atoms with Gasteiger partial charge in [-0.25, -0.2) is 0 Å². The topological polar surface area (TPSA) is 52.6 Å². The normalized spacial score (nSPS) is 19.4. The minimum absolute atomic E-state index is 0.498. The smallest absolute Gasteiger partial charge is 0.324 e. The molecule has 1 aromatic carbocycles. The molecule has 1 aromatic rings. The number of benzene rings is 1. The van der Waals surface area contributed by atoms with Crippen LogP contribution in [-0.4, -0.2) is 47.7 Å². The summed E-state index contributed by atoms with van der Waals surface area (Å²) in [6, 6.07) is 8.36. The van der Waals surface area contributed by atoms with Gasteiger partial charge in [0, 0.05) is 32.6 Å². The zero-order valence-corrected chi connectivity index (χ0v) is 13.2. The molecule has 1 atom stereocenters. The highest BCUT2D eigenvalue weighted by atomic mass is 16.4. The fourth-order valence-electron chi connectivity index (χ4n) is 2.90. The number of nitrogens with zero attached hydrogens (tertiary/aromatic N) is 1. The lowest BCUT2D eigenvalue weighted by molar-refractivity contribution is -0.151. The van der Waals surface area contributed by atoms with Crippen LogP contribution in [-0.2, 0) is 11.2 Å². The molecule has 116 valence electrons. The van der Waals surface area contributed by atoms with Gasteiger partial charge in [-0.1, -0.05) is 38.1 Å². The first-order valence-corrected chi connectivity index (χ1v) is 7.71. The molecule has 0 aliphatic carbocycles. The van der Waals surface area contributed by atoms with Crippen LogP contribution >= 0.6 is 0 Å². The molecule has 4 heteroatoms. The van der Waals surface area contributed by atoms with E-state index in [0.29, 0.717) is 12.3 Å². The highest BCUT2D eigenvalue weighted by molar-refractivity contribution is 5.78. The molecule has 0 radical (unpaired) electrons. The van der Waals surface area contributed by atoms with Gasteiger partial charge in [0.2, 0.25) is 0 Å². The second kappa shape index (κ2) is 6.58. The van der Waals surface area contributed by atoms with Crippen molar-refractivity contribution < 1.29 is 9.90 Å². The Bertz CT molecular complexity index is 478. The molecule has 1 unspecified atom stereocenters. The van der Waals surface area contributed by atoms with Crippen molar-refractivity contribution in [2.24, 2.45) is 0 Å². The summed E-state index contributed by atoms with van der Waals surface area (Å²) in [5.74, 6) is -0.240. The van der Waals surface area contributed by atoms with Gasteiger partial charge < -0.3 is 10.4 Å². The van der Waals surface area contributed by atoms with Crippen LogP contribution in [0.15, 0.2) is 24.3 Å². The third-order valence-electron chi connectivity index (χ3n) is 4.47. The molecular weight excluding hydrogens is 264 g/mol. The Labute approximate surface area is 127 Å². The van der Waals surface area contributed by atoms with Gasteiger partial charge in [-0.2, -0.15) is 0 Å². The maximum atomic E-state index is 11.8. The molecule has 1 saturated heterocycles. The molecule has 1 heterocycles. The Morgan fingerprint density at radius 2 is 1.86 bits per heavy atom. The number of aliphatic carboxylic acids is 1. The molecule has 0 amide bonds. The van der Waals surface area contributed by atoms with Crippen LogP contribution < -0.4 is 5.32 Å². The van der Waals surface area contributed by atoms with Gasteiger partial charge in [0.05, 0.1) is 0 Å². The first kappa shape index (κ1) is 16.0. The van der Waals surface area contributed by atoms with Gasteiger partial charge in [0.1, 0.15) is 5.54 Å². The monoisotopic (exact) mass is 290 g/mol. The second-order valence-corrected chi connectivity index (χ2v) is 6.39. The standard InChI is InChI=1S/C17H26N2O2/c1-13(2)15-6-4-14(5-7-15)12-17(3,16(20)21)19-10-8-18-9-11-19/h4-7,13,18H,8-12H2,1-3H3,(H,20,21). The van der Waals surface area contributed by atoms with Crippen molar-refractivity contribution in [3.63, 3.8) is 0 Å². The highest BCUT2D eigenvalue weighted by Gasteiger charge is 2.40. The summed E-state index contributed by atoms with van der Waals surface area (Å²) in [5.41, 5.74) is 1.54. The molecule has 2 rings (SSSR count). The lowest BCUT2D eigenvalue weighted by Gasteiger charge is -2.40. The molecule has 1 fully saturated rings. The van der Waals surface area contributed by atoms with Crippen LogP contribution in [0.3, 0.4) is 0 Å². The number of carboxylic acids is 1. The molecule has 0 bridgehead atoms. The minimum Gasteiger partial charge on any atom is -0.480 e. The van der Waals surface area contributed by atoms with Crippen LogP contribution in [0.25, 0.3) is 0 Å². The van der Waals surface area contributed by atoms with Crippen LogP contribution in [0.4, 0.5) is 0 Å². The van der Waals surface area contributed by atoms with E-state index in [0.717, 1.165) is 31.7 Å². The molecule has 4 nitrogen and oxygen atoms in total. The van der Waals surface area contributed by atoms with Gasteiger partial charge in [0.25, 0.3) is 0 Å². The van der Waals surface area contributed by atoms with E-state index >= 15 is 0 Å². The second-order valence-electron chi connectivity index (χ2n) is 6.39. The minimum atomic E-state index is -0.832. The number of nitrogens with one attached hydrogen (secondary N) is 1. The van der Waals surface area contributed by atoms with Crippen LogP contribution in [0.1, 0.15) is 37.8 Å². The van der Waals surface area contributed by atoms with E-state index < -0.39 is 11.5 Å². The van der Waals surface area contributed by atoms with E-state index in [1.54, 1.807) is 0 Å². The van der Waals surface area contributed by atoms with Gasteiger partial charge >= 0.3 is 5.97 Å². The van der Waals surface area contributed by atoms with E-state index in [1.165, 1.54) is 5.56 Å². The summed E-state index contributed by atoms with van der Waals surface area (Å²) in [4.78, 5) is 13.9. The number of hydrogen-bond donors (Lipinski definition) is 2. The first-order chi connectivity index (χ1) is 9.93. The Morgan fingerprint density at radius 1 is 1.29 bits per heavy atom. The van der Waals surface area contributed by atoms with E-state index in [4.69, 9.17) is 0 Å². The van der Waals surface area contributed by atoms with Crippen molar-refractivity contribution in [3.05, 3.63) is 35.4 Å². The summed E-state index contributed by atoms with van der Waals surface area (Å²) >= 11 is 0. The maximum absolute atomic E-state index is 11.8. The fourth-order valence-corrected chi connectivity index (χ4v) is 2.90. The zero-order chi connectivity index (χ0) is 15.5. The molecule has 2 N–H and O–H groups in total. The van der Waals surface area contributed by atoms with Gasteiger partial charge in [-0.15, -0.1) is 0 Å². The average molecular weight is 290 g/mol. The van der Waals surface area contributed by atoms with Crippen LogP contribution in [0, 0.1) is 0 Å². The van der Waals surface area contributed by atoms with Crippen molar-refractivity contribution in [2.45, 2.75) is 38.6 Å². The van der Waals surface area contributed by atoms with Crippen molar-refractivity contribution in [3.8, 4) is 0 Å². The SMILES string of the molecule is CC(C)c1ccc(CC(C)(C(=O)O)N2CCNCC2)cc1. The van der Waals surface area contributed by atoms with E-state index in [-0.39, 0.29) is 0 Å². The summed E-state index contributed by atoms with van der Waals surface area (Å²) in [7, 11) is 0. The van der Waals surface area contributed by atoms with Gasteiger partial charge in [-0.3, -0.25) is 9.69 Å². The van der Waals surface area contributed by atoms with E-state index in [2.05, 4.69) is 48.3 Å². The average Bonchev–Trinajstić information content (AvgIpc) is 2.48. The van der Waals surface area contributed by atoms with Crippen molar-refractivity contribution in [1.29, 1.82) is 0 Å². The Kier molecular flexibility index (Phi) is 5.01. The summed E-state index contributed by atoms with van der Waals surface area (Å²) in [5, 5.41) is 13.0. The van der Waals surface area contributed by atoms with Crippen molar-refractivity contribution >= 4 is 5.97 Å². The maximum Gasteiger partial charge on any atom is 0.324 e. The predicted octanol–water partition coefficient (Wildman–Crippen LogP) is 2.10. The molecule has 1 aliphatic heterocycles. The quantitative estimate of drug-likeness (QED) is 0.872. The highest BCUT2D eigenvalue weighted by Crippen LogP contribution is 2.23. The van der Waals surface area contributed by atoms with Crippen molar-refractivity contribution in [1.82, 2.24) is 10.2 Å². The van der Waals surface area contributed by atoms with E-state index in [9.17, 15) is 9.90 Å². The Morgan fingerprint density at radius 3 is 2.33 bits per heavy atom. The number of carboxylic acid groups (broad SMARTS) is 1. The third kappa shape index (κ3) is 3.63. The molecule has 0 saturated carbocycles. The molecule has 0 aromatic heterocycles. The lowest BCUT2D eigenvalue weighted by atomic mass is 9.89. The molecule has 21 heavy (non-hydrogen) atoms. The first-order valence-electron chi connectivity index (χ1n) is 7.71. The number of carbonyl (C=O) groups is 1. The van der Waals surface area contributed by atoms with Crippen LogP contribution in [0.2, 0.25) is 0 Å². The summed E-state index contributed by atoms with van der Waals surface area (Å²) in [6.45, 7) is 9.45. The number of rotatable bonds is 5. The van der Waals surface area contributed by atoms with Crippen LogP contribution in [0.5, 0.6) is 0 Å². The summed E-state index contributed by atoms with van der Waals surface area (Å²) < 4.78 is 0. The number of hydrogen-bond acceptors (Lipinski definition) is 3. The largest absolute Gasteiger partial charge is 0.480 e. The van der Waals surface area contributed by atoms with Gasteiger partial charge in [0.15, 0.2) is 0 Å². The molecular formula is C17H26N2O2. The Balaban J connectivity index is 2.17. The van der Waals surface area contributed by atoms with E-state index in [1.807, 2.05) is 6.92 Å². The predicted molar refractivity (Wildman–Crippen MR) is 84.7 cm³/mol. The zero-order valence-electron chi connectivity index (χ0n) is 13.2. The van der Waals surface area contributed by atoms with Crippen molar-refractivity contribution in [2.75, 3.05) is 26.2 Å². The molecule has 1 aliphatic rings. The Hall–Kier alpha value is -1.39. The third-order valence-corrected chi connectivity index (χ3v) is 4.47. The van der Waals surface area contributed by atoms with Gasteiger partial charge in [-0.05, 0) is 24.0 Å².